The number of benzene rings is 2. The zero-order valence-electron chi connectivity index (χ0n) is 14.2. The van der Waals surface area contributed by atoms with Crippen LogP contribution in [0.1, 0.15) is 21.6 Å². The number of anilines is 3. The number of carbonyl (C=O) groups excluding carboxylic acids is 1. The standard InChI is InChI=1S/C19H16F2N4O/c1-11-3-5-14(7-12(11)2)24-18-10-22-17(9-23-18)19(26)25-16-6-4-13(20)8-15(16)21/h3-10H,1-2H3,(H,23,24)(H,25,26). The Kier molecular flexibility index (Phi) is 4.88. The molecule has 132 valence electrons. The summed E-state index contributed by atoms with van der Waals surface area (Å²) in [5.74, 6) is -1.75. The van der Waals surface area contributed by atoms with Gasteiger partial charge in [-0.25, -0.2) is 18.7 Å². The average molecular weight is 354 g/mol. The van der Waals surface area contributed by atoms with Crippen LogP contribution in [0, 0.1) is 25.5 Å². The molecule has 0 aliphatic heterocycles. The lowest BCUT2D eigenvalue weighted by Crippen LogP contribution is -2.15. The summed E-state index contributed by atoms with van der Waals surface area (Å²) in [7, 11) is 0. The Morgan fingerprint density at radius 3 is 2.42 bits per heavy atom. The molecule has 0 aliphatic rings. The van der Waals surface area contributed by atoms with Crippen molar-refractivity contribution in [3.05, 3.63) is 77.2 Å². The smallest absolute Gasteiger partial charge is 0.275 e. The monoisotopic (exact) mass is 354 g/mol. The van der Waals surface area contributed by atoms with E-state index in [1.54, 1.807) is 0 Å². The Labute approximate surface area is 149 Å². The SMILES string of the molecule is Cc1ccc(Nc2cnc(C(=O)Nc3ccc(F)cc3F)cn2)cc1C. The van der Waals surface area contributed by atoms with E-state index in [-0.39, 0.29) is 11.4 Å². The van der Waals surface area contributed by atoms with Crippen LogP contribution in [-0.2, 0) is 0 Å². The molecule has 0 bridgehead atoms. The third kappa shape index (κ3) is 4.00. The maximum Gasteiger partial charge on any atom is 0.275 e. The molecule has 0 fully saturated rings. The molecule has 1 heterocycles. The first-order valence-corrected chi connectivity index (χ1v) is 7.85. The molecule has 3 aromatic rings. The van der Waals surface area contributed by atoms with Crippen LogP contribution in [0.25, 0.3) is 0 Å². The molecular formula is C19H16F2N4O. The summed E-state index contributed by atoms with van der Waals surface area (Å²) >= 11 is 0. The van der Waals surface area contributed by atoms with Crippen LogP contribution in [0.2, 0.25) is 0 Å². The zero-order chi connectivity index (χ0) is 18.7. The van der Waals surface area contributed by atoms with Crippen LogP contribution in [-0.4, -0.2) is 15.9 Å². The van der Waals surface area contributed by atoms with Crippen molar-refractivity contribution < 1.29 is 13.6 Å². The fourth-order valence-corrected chi connectivity index (χ4v) is 2.25. The number of nitrogens with zero attached hydrogens (tertiary/aromatic N) is 2. The Morgan fingerprint density at radius 2 is 1.77 bits per heavy atom. The second-order valence-corrected chi connectivity index (χ2v) is 5.79. The quantitative estimate of drug-likeness (QED) is 0.730. The van der Waals surface area contributed by atoms with E-state index in [2.05, 4.69) is 20.6 Å². The number of amides is 1. The number of nitrogens with one attached hydrogen (secondary N) is 2. The number of carbonyl (C=O) groups is 1. The van der Waals surface area contributed by atoms with Crippen LogP contribution in [0.15, 0.2) is 48.8 Å². The molecule has 3 rings (SSSR count). The molecular weight excluding hydrogens is 338 g/mol. The van der Waals surface area contributed by atoms with Gasteiger partial charge in [0.1, 0.15) is 23.1 Å². The predicted octanol–water partition coefficient (Wildman–Crippen LogP) is 4.37. The number of aromatic nitrogens is 2. The third-order valence-corrected chi connectivity index (χ3v) is 3.84. The molecule has 0 spiro atoms. The molecule has 0 unspecified atom stereocenters. The van der Waals surface area contributed by atoms with E-state index >= 15 is 0 Å². The molecule has 0 radical (unpaired) electrons. The Hall–Kier alpha value is -3.35. The van der Waals surface area contributed by atoms with Crippen molar-refractivity contribution in [2.45, 2.75) is 13.8 Å². The molecule has 0 saturated heterocycles. The van der Waals surface area contributed by atoms with Crippen molar-refractivity contribution in [3.63, 3.8) is 0 Å². The number of hydrogen-bond donors (Lipinski definition) is 2. The molecule has 7 heteroatoms. The summed E-state index contributed by atoms with van der Waals surface area (Å²) in [6, 6.07) is 8.78. The minimum absolute atomic E-state index is 0.0133. The molecule has 1 amide bonds. The first kappa shape index (κ1) is 17.5. The molecule has 0 atom stereocenters. The first-order valence-electron chi connectivity index (χ1n) is 7.85. The first-order chi connectivity index (χ1) is 12.4. The normalized spacial score (nSPS) is 10.5. The third-order valence-electron chi connectivity index (χ3n) is 3.84. The van der Waals surface area contributed by atoms with Gasteiger partial charge in [0, 0.05) is 11.8 Å². The fraction of sp³-hybridized carbons (Fsp3) is 0.105. The zero-order valence-corrected chi connectivity index (χ0v) is 14.2. The molecule has 26 heavy (non-hydrogen) atoms. The summed E-state index contributed by atoms with van der Waals surface area (Å²) in [5.41, 5.74) is 3.06. The van der Waals surface area contributed by atoms with Crippen molar-refractivity contribution in [1.82, 2.24) is 9.97 Å². The Balaban J connectivity index is 1.70. The molecule has 0 saturated carbocycles. The van der Waals surface area contributed by atoms with Crippen molar-refractivity contribution in [3.8, 4) is 0 Å². The Bertz CT molecular complexity index is 958. The van der Waals surface area contributed by atoms with Crippen molar-refractivity contribution in [2.75, 3.05) is 10.6 Å². The van der Waals surface area contributed by atoms with Crippen LogP contribution < -0.4 is 10.6 Å². The molecule has 1 aromatic heterocycles. The van der Waals surface area contributed by atoms with Gasteiger partial charge < -0.3 is 10.6 Å². The van der Waals surface area contributed by atoms with Gasteiger partial charge in [0.05, 0.1) is 18.1 Å². The van der Waals surface area contributed by atoms with Crippen molar-refractivity contribution in [1.29, 1.82) is 0 Å². The summed E-state index contributed by atoms with van der Waals surface area (Å²) in [6.45, 7) is 4.03. The minimum Gasteiger partial charge on any atom is -0.339 e. The highest BCUT2D eigenvalue weighted by Gasteiger charge is 2.12. The molecule has 5 nitrogen and oxygen atoms in total. The van der Waals surface area contributed by atoms with E-state index < -0.39 is 17.5 Å². The van der Waals surface area contributed by atoms with Crippen LogP contribution in [0.3, 0.4) is 0 Å². The summed E-state index contributed by atoms with van der Waals surface area (Å²) in [6.07, 6.45) is 2.69. The number of aryl methyl sites for hydroxylation is 2. The molecule has 2 N–H and O–H groups in total. The van der Waals surface area contributed by atoms with E-state index in [0.717, 1.165) is 23.4 Å². The van der Waals surface area contributed by atoms with Gasteiger partial charge in [0.15, 0.2) is 0 Å². The predicted molar refractivity (Wildman–Crippen MR) is 95.5 cm³/mol. The second-order valence-electron chi connectivity index (χ2n) is 5.79. The topological polar surface area (TPSA) is 66.9 Å². The second kappa shape index (κ2) is 7.26. The van der Waals surface area contributed by atoms with Gasteiger partial charge in [0.25, 0.3) is 5.91 Å². The van der Waals surface area contributed by atoms with E-state index in [1.807, 2.05) is 32.0 Å². The van der Waals surface area contributed by atoms with Crippen LogP contribution in [0.4, 0.5) is 26.0 Å². The summed E-state index contributed by atoms with van der Waals surface area (Å²) < 4.78 is 26.5. The number of halogens is 2. The van der Waals surface area contributed by atoms with E-state index in [4.69, 9.17) is 0 Å². The highest BCUT2D eigenvalue weighted by Crippen LogP contribution is 2.18. The van der Waals surface area contributed by atoms with Crippen molar-refractivity contribution in [2.24, 2.45) is 0 Å². The number of hydrogen-bond acceptors (Lipinski definition) is 4. The lowest BCUT2D eigenvalue weighted by atomic mass is 10.1. The van der Waals surface area contributed by atoms with E-state index in [9.17, 15) is 13.6 Å². The van der Waals surface area contributed by atoms with Gasteiger partial charge in [-0.05, 0) is 49.2 Å². The molecule has 0 aliphatic carbocycles. The average Bonchev–Trinajstić information content (AvgIpc) is 2.61. The minimum atomic E-state index is -0.862. The van der Waals surface area contributed by atoms with Crippen LogP contribution >= 0.6 is 0 Å². The number of rotatable bonds is 4. The maximum absolute atomic E-state index is 13.6. The maximum atomic E-state index is 13.6. The van der Waals surface area contributed by atoms with Gasteiger partial charge in [-0.15, -0.1) is 0 Å². The molecule has 2 aromatic carbocycles. The van der Waals surface area contributed by atoms with Crippen molar-refractivity contribution >= 4 is 23.1 Å². The largest absolute Gasteiger partial charge is 0.339 e. The Morgan fingerprint density at radius 1 is 0.962 bits per heavy atom. The van der Waals surface area contributed by atoms with E-state index in [1.165, 1.54) is 18.0 Å². The van der Waals surface area contributed by atoms with Gasteiger partial charge >= 0.3 is 0 Å². The lowest BCUT2D eigenvalue weighted by molar-refractivity contribution is 0.102. The summed E-state index contributed by atoms with van der Waals surface area (Å²) in [4.78, 5) is 20.3. The lowest BCUT2D eigenvalue weighted by Gasteiger charge is -2.09. The van der Waals surface area contributed by atoms with Gasteiger partial charge in [-0.3, -0.25) is 4.79 Å². The van der Waals surface area contributed by atoms with Gasteiger partial charge in [-0.1, -0.05) is 6.07 Å². The fourth-order valence-electron chi connectivity index (χ4n) is 2.25. The van der Waals surface area contributed by atoms with E-state index in [0.29, 0.717) is 11.9 Å². The van der Waals surface area contributed by atoms with Gasteiger partial charge in [-0.2, -0.15) is 0 Å². The summed E-state index contributed by atoms with van der Waals surface area (Å²) in [5, 5.41) is 5.43. The highest BCUT2D eigenvalue weighted by molar-refractivity contribution is 6.02. The highest BCUT2D eigenvalue weighted by atomic mass is 19.1. The van der Waals surface area contributed by atoms with Gasteiger partial charge in [0.2, 0.25) is 0 Å². The van der Waals surface area contributed by atoms with Crippen LogP contribution in [0.5, 0.6) is 0 Å².